The number of carbonyl (C=O) groups excluding carboxylic acids is 2. The molecule has 2 aromatic rings. The van der Waals surface area contributed by atoms with Crippen molar-refractivity contribution in [3.05, 3.63) is 52.5 Å². The van der Waals surface area contributed by atoms with Gasteiger partial charge in [0, 0.05) is 26.2 Å². The number of benzene rings is 1. The van der Waals surface area contributed by atoms with Crippen molar-refractivity contribution in [3.63, 3.8) is 0 Å². The molecule has 1 fully saturated rings. The minimum absolute atomic E-state index is 0.0136. The van der Waals surface area contributed by atoms with E-state index in [0.29, 0.717) is 31.9 Å². The number of hydrogen-bond donors (Lipinski definition) is 0. The smallest absolute Gasteiger partial charge is 0.264 e. The lowest BCUT2D eigenvalue weighted by Gasteiger charge is -2.34. The first-order chi connectivity index (χ1) is 11.6. The van der Waals surface area contributed by atoms with Gasteiger partial charge in [0.2, 0.25) is 0 Å². The lowest BCUT2D eigenvalue weighted by molar-refractivity contribution is -0.134. The molecule has 2 amide bonds. The van der Waals surface area contributed by atoms with Crippen LogP contribution >= 0.6 is 11.3 Å². The largest absolute Gasteiger partial charge is 0.484 e. The van der Waals surface area contributed by atoms with E-state index in [1.54, 1.807) is 15.9 Å². The van der Waals surface area contributed by atoms with Crippen molar-refractivity contribution in [1.29, 1.82) is 0 Å². The van der Waals surface area contributed by atoms with Crippen LogP contribution in [-0.2, 0) is 4.79 Å². The Labute approximate surface area is 143 Å². The van der Waals surface area contributed by atoms with Crippen molar-refractivity contribution >= 4 is 23.2 Å². The summed E-state index contributed by atoms with van der Waals surface area (Å²) in [5, 5.41) is 1.87. The number of carbonyl (C=O) groups is 2. The van der Waals surface area contributed by atoms with Crippen molar-refractivity contribution < 1.29 is 18.7 Å². The molecule has 1 aromatic heterocycles. The van der Waals surface area contributed by atoms with Crippen LogP contribution in [0, 0.1) is 5.82 Å². The van der Waals surface area contributed by atoms with Gasteiger partial charge in [-0.2, -0.15) is 0 Å². The summed E-state index contributed by atoms with van der Waals surface area (Å²) in [6.45, 7) is 1.91. The molecular formula is C17H17FN2O3S. The van der Waals surface area contributed by atoms with Gasteiger partial charge >= 0.3 is 0 Å². The molecule has 0 saturated carbocycles. The molecule has 0 bridgehead atoms. The van der Waals surface area contributed by atoms with Crippen LogP contribution in [0.4, 0.5) is 4.39 Å². The molecule has 0 radical (unpaired) electrons. The third-order valence-electron chi connectivity index (χ3n) is 3.83. The van der Waals surface area contributed by atoms with Crippen LogP contribution in [0.1, 0.15) is 9.67 Å². The van der Waals surface area contributed by atoms with Gasteiger partial charge < -0.3 is 14.5 Å². The van der Waals surface area contributed by atoms with Crippen LogP contribution < -0.4 is 4.74 Å². The van der Waals surface area contributed by atoms with Crippen molar-refractivity contribution in [2.24, 2.45) is 0 Å². The predicted molar refractivity (Wildman–Crippen MR) is 88.7 cm³/mol. The van der Waals surface area contributed by atoms with Crippen LogP contribution in [0.3, 0.4) is 0 Å². The summed E-state index contributed by atoms with van der Waals surface area (Å²) in [6.07, 6.45) is 0. The fourth-order valence-corrected chi connectivity index (χ4v) is 3.17. The first-order valence-electron chi connectivity index (χ1n) is 7.62. The third kappa shape index (κ3) is 3.91. The monoisotopic (exact) mass is 348 g/mol. The molecule has 0 unspecified atom stereocenters. The van der Waals surface area contributed by atoms with E-state index in [9.17, 15) is 14.0 Å². The summed E-state index contributed by atoms with van der Waals surface area (Å²) in [7, 11) is 0. The van der Waals surface area contributed by atoms with Gasteiger partial charge in [-0.05, 0) is 35.7 Å². The lowest BCUT2D eigenvalue weighted by Crippen LogP contribution is -2.51. The van der Waals surface area contributed by atoms with Gasteiger partial charge in [-0.25, -0.2) is 4.39 Å². The van der Waals surface area contributed by atoms with Gasteiger partial charge in [-0.1, -0.05) is 6.07 Å². The molecule has 3 rings (SSSR count). The van der Waals surface area contributed by atoms with E-state index in [0.717, 1.165) is 4.88 Å². The van der Waals surface area contributed by atoms with E-state index in [1.165, 1.54) is 35.6 Å². The minimum atomic E-state index is -0.347. The summed E-state index contributed by atoms with van der Waals surface area (Å²) in [5.74, 6) is -0.0151. The maximum absolute atomic E-state index is 12.8. The number of hydrogen-bond acceptors (Lipinski definition) is 4. The Morgan fingerprint density at radius 3 is 2.33 bits per heavy atom. The molecule has 7 heteroatoms. The topological polar surface area (TPSA) is 49.9 Å². The second kappa shape index (κ2) is 7.44. The number of nitrogens with zero attached hydrogens (tertiary/aromatic N) is 2. The van der Waals surface area contributed by atoms with E-state index in [-0.39, 0.29) is 24.2 Å². The fourth-order valence-electron chi connectivity index (χ4n) is 2.48. The SMILES string of the molecule is O=C(COc1ccc(F)cc1)N1CCN(C(=O)c2cccs2)CC1. The Kier molecular flexibility index (Phi) is 5.10. The van der Waals surface area contributed by atoms with Crippen LogP contribution in [0.15, 0.2) is 41.8 Å². The van der Waals surface area contributed by atoms with Crippen molar-refractivity contribution in [2.75, 3.05) is 32.8 Å². The van der Waals surface area contributed by atoms with E-state index in [1.807, 2.05) is 11.4 Å². The summed E-state index contributed by atoms with van der Waals surface area (Å²) < 4.78 is 18.2. The van der Waals surface area contributed by atoms with Crippen molar-refractivity contribution in [1.82, 2.24) is 9.80 Å². The Hall–Kier alpha value is -2.41. The molecule has 1 aliphatic rings. The highest BCUT2D eigenvalue weighted by atomic mass is 32.1. The van der Waals surface area contributed by atoms with Crippen LogP contribution in [-0.4, -0.2) is 54.4 Å². The van der Waals surface area contributed by atoms with E-state index < -0.39 is 0 Å². The molecule has 2 heterocycles. The molecule has 0 spiro atoms. The van der Waals surface area contributed by atoms with Crippen molar-refractivity contribution in [2.45, 2.75) is 0 Å². The zero-order valence-electron chi connectivity index (χ0n) is 13.0. The highest BCUT2D eigenvalue weighted by molar-refractivity contribution is 7.12. The molecule has 5 nitrogen and oxygen atoms in total. The Bertz CT molecular complexity index is 695. The number of piperazine rings is 1. The molecule has 24 heavy (non-hydrogen) atoms. The maximum Gasteiger partial charge on any atom is 0.264 e. The van der Waals surface area contributed by atoms with Gasteiger partial charge in [0.1, 0.15) is 11.6 Å². The summed E-state index contributed by atoms with van der Waals surface area (Å²) in [5.41, 5.74) is 0. The highest BCUT2D eigenvalue weighted by Gasteiger charge is 2.25. The molecule has 0 aliphatic carbocycles. The van der Waals surface area contributed by atoms with Gasteiger partial charge in [0.15, 0.2) is 6.61 Å². The maximum atomic E-state index is 12.8. The first kappa shape index (κ1) is 16.4. The Morgan fingerprint density at radius 2 is 1.71 bits per heavy atom. The van der Waals surface area contributed by atoms with E-state index in [2.05, 4.69) is 0 Å². The quantitative estimate of drug-likeness (QED) is 0.852. The molecule has 1 saturated heterocycles. The molecule has 1 aliphatic heterocycles. The van der Waals surface area contributed by atoms with Crippen LogP contribution in [0.2, 0.25) is 0 Å². The first-order valence-corrected chi connectivity index (χ1v) is 8.50. The van der Waals surface area contributed by atoms with Crippen LogP contribution in [0.5, 0.6) is 5.75 Å². The van der Waals surface area contributed by atoms with Gasteiger partial charge in [-0.3, -0.25) is 9.59 Å². The highest BCUT2D eigenvalue weighted by Crippen LogP contribution is 2.15. The normalized spacial score (nSPS) is 14.5. The zero-order chi connectivity index (χ0) is 16.9. The number of halogens is 1. The average Bonchev–Trinajstić information content (AvgIpc) is 3.15. The van der Waals surface area contributed by atoms with Crippen molar-refractivity contribution in [3.8, 4) is 5.75 Å². The summed E-state index contributed by atoms with van der Waals surface area (Å²) >= 11 is 1.42. The third-order valence-corrected chi connectivity index (χ3v) is 4.69. The molecule has 0 atom stereocenters. The summed E-state index contributed by atoms with van der Waals surface area (Å²) in [6, 6.07) is 9.20. The Balaban J connectivity index is 1.46. The average molecular weight is 348 g/mol. The number of ether oxygens (including phenoxy) is 1. The van der Waals surface area contributed by atoms with Gasteiger partial charge in [0.25, 0.3) is 11.8 Å². The Morgan fingerprint density at radius 1 is 1.04 bits per heavy atom. The zero-order valence-corrected chi connectivity index (χ0v) is 13.8. The van der Waals surface area contributed by atoms with Crippen LogP contribution in [0.25, 0.3) is 0 Å². The standard InChI is InChI=1S/C17H17FN2O3S/c18-13-3-5-14(6-4-13)23-12-16(21)19-7-9-20(10-8-19)17(22)15-2-1-11-24-15/h1-6,11H,7-10,12H2. The second-order valence-corrected chi connectivity index (χ2v) is 6.34. The summed E-state index contributed by atoms with van der Waals surface area (Å²) in [4.78, 5) is 28.6. The predicted octanol–water partition coefficient (Wildman–Crippen LogP) is 2.25. The second-order valence-electron chi connectivity index (χ2n) is 5.39. The van der Waals surface area contributed by atoms with Gasteiger partial charge in [0.05, 0.1) is 4.88 Å². The lowest BCUT2D eigenvalue weighted by atomic mass is 10.3. The molecule has 1 aromatic carbocycles. The number of thiophene rings is 1. The molecule has 126 valence electrons. The van der Waals surface area contributed by atoms with E-state index in [4.69, 9.17) is 4.74 Å². The molecule has 0 N–H and O–H groups in total. The van der Waals surface area contributed by atoms with Gasteiger partial charge in [-0.15, -0.1) is 11.3 Å². The van der Waals surface area contributed by atoms with E-state index >= 15 is 0 Å². The number of rotatable bonds is 4. The fraction of sp³-hybridized carbons (Fsp3) is 0.294. The molecular weight excluding hydrogens is 331 g/mol. The minimum Gasteiger partial charge on any atom is -0.484 e. The number of amides is 2.